The quantitative estimate of drug-likeness (QED) is 0.557. The minimum absolute atomic E-state index is 0.125. The lowest BCUT2D eigenvalue weighted by atomic mass is 10.4. The maximum Gasteiger partial charge on any atom is 0.0662 e. The molecule has 0 spiro atoms. The Labute approximate surface area is 55.6 Å². The summed E-state index contributed by atoms with van der Waals surface area (Å²) >= 11 is 0. The van der Waals surface area contributed by atoms with Crippen LogP contribution in [0, 0.1) is 18.3 Å². The third-order valence-corrected chi connectivity index (χ3v) is 0.389. The van der Waals surface area contributed by atoms with Gasteiger partial charge in [-0.15, -0.1) is 0 Å². The second kappa shape index (κ2) is 15.7. The molecule has 0 heterocycles. The van der Waals surface area contributed by atoms with E-state index in [1.165, 1.54) is 0 Å². The molecule has 3 heteroatoms. The average molecular weight is 130 g/mol. The Morgan fingerprint density at radius 2 is 1.78 bits per heavy atom. The van der Waals surface area contributed by atoms with Crippen molar-refractivity contribution in [2.75, 3.05) is 13.2 Å². The average Bonchev–Trinajstić information content (AvgIpc) is 1.91. The van der Waals surface area contributed by atoms with Crippen LogP contribution in [0.25, 0.3) is 0 Å². The van der Waals surface area contributed by atoms with Crippen LogP contribution in [0.4, 0.5) is 0 Å². The smallest absolute Gasteiger partial charge is 0.0662 e. The molecule has 2 N–H and O–H groups in total. The Bertz CT molecular complexity index is 65.9. The number of nitriles is 1. The molecule has 0 aromatic rings. The van der Waals surface area contributed by atoms with E-state index >= 15 is 0 Å². The van der Waals surface area contributed by atoms with Gasteiger partial charge in [0.2, 0.25) is 0 Å². The molecule has 0 atom stereocenters. The Kier molecular flexibility index (Phi) is 19.5. The molecule has 53 valence electrons. The van der Waals surface area contributed by atoms with Crippen LogP contribution in [0.15, 0.2) is 0 Å². The molecule has 0 aliphatic heterocycles. The van der Waals surface area contributed by atoms with Crippen LogP contribution < -0.4 is 0 Å². The van der Waals surface area contributed by atoms with Crippen molar-refractivity contribution >= 4 is 0 Å². The SMILES string of the molecule is OCCO.[CH2]CCC#N. The van der Waals surface area contributed by atoms with Crippen molar-refractivity contribution in [1.29, 1.82) is 5.26 Å². The van der Waals surface area contributed by atoms with Gasteiger partial charge in [-0.2, -0.15) is 5.26 Å². The molecule has 0 saturated heterocycles. The molecule has 0 amide bonds. The van der Waals surface area contributed by atoms with Gasteiger partial charge in [-0.3, -0.25) is 0 Å². The van der Waals surface area contributed by atoms with E-state index < -0.39 is 0 Å². The molecule has 0 unspecified atom stereocenters. The molecule has 0 aromatic heterocycles. The highest BCUT2D eigenvalue weighted by Crippen LogP contribution is 1.76. The van der Waals surface area contributed by atoms with Crippen molar-refractivity contribution in [1.82, 2.24) is 0 Å². The first kappa shape index (κ1) is 11.2. The highest BCUT2D eigenvalue weighted by Gasteiger charge is 1.65. The molecule has 0 aromatic carbocycles. The van der Waals surface area contributed by atoms with Gasteiger partial charge in [0, 0.05) is 6.42 Å². The van der Waals surface area contributed by atoms with Crippen molar-refractivity contribution in [3.63, 3.8) is 0 Å². The summed E-state index contributed by atoms with van der Waals surface area (Å²) in [6.07, 6.45) is 1.32. The van der Waals surface area contributed by atoms with Gasteiger partial charge < -0.3 is 10.2 Å². The highest BCUT2D eigenvalue weighted by atomic mass is 16.3. The van der Waals surface area contributed by atoms with E-state index in [0.29, 0.717) is 6.42 Å². The van der Waals surface area contributed by atoms with Crippen LogP contribution in [-0.2, 0) is 0 Å². The lowest BCUT2D eigenvalue weighted by Gasteiger charge is -1.70. The fraction of sp³-hybridized carbons (Fsp3) is 0.667. The summed E-state index contributed by atoms with van der Waals surface area (Å²) in [5, 5.41) is 23.0. The second-order valence-corrected chi connectivity index (χ2v) is 1.21. The number of aliphatic hydroxyl groups is 2. The number of unbranched alkanes of at least 4 members (excludes halogenated alkanes) is 1. The molecule has 0 fully saturated rings. The van der Waals surface area contributed by atoms with E-state index in [1.807, 2.05) is 6.07 Å². The third kappa shape index (κ3) is 37.3. The van der Waals surface area contributed by atoms with Gasteiger partial charge in [0.15, 0.2) is 0 Å². The molecule has 0 aliphatic rings. The molecule has 1 radical (unpaired) electrons. The Balaban J connectivity index is 0. The summed E-state index contributed by atoms with van der Waals surface area (Å²) in [6.45, 7) is 3.20. The van der Waals surface area contributed by atoms with Gasteiger partial charge in [0.25, 0.3) is 0 Å². The maximum atomic E-state index is 7.78. The lowest BCUT2D eigenvalue weighted by Crippen LogP contribution is -1.85. The standard InChI is InChI=1S/C4H6N.C2H6O2/c1-2-3-4-5;3-1-2-4/h1-3H2;3-4H,1-2H2. The lowest BCUT2D eigenvalue weighted by molar-refractivity contribution is 0.186. The molecule has 0 saturated carbocycles. The second-order valence-electron chi connectivity index (χ2n) is 1.21. The fourth-order valence-corrected chi connectivity index (χ4v) is 0.0791. The monoisotopic (exact) mass is 130 g/mol. The van der Waals surface area contributed by atoms with Crippen molar-refractivity contribution in [2.45, 2.75) is 12.8 Å². The summed E-state index contributed by atoms with van der Waals surface area (Å²) in [5.41, 5.74) is 0. The first-order valence-electron chi connectivity index (χ1n) is 2.71. The number of hydrogen-bond donors (Lipinski definition) is 2. The first-order chi connectivity index (χ1) is 4.33. The van der Waals surface area contributed by atoms with Crippen molar-refractivity contribution in [3.05, 3.63) is 6.92 Å². The summed E-state index contributed by atoms with van der Waals surface area (Å²) in [6, 6.07) is 1.95. The number of aliphatic hydroxyl groups excluding tert-OH is 2. The van der Waals surface area contributed by atoms with Gasteiger partial charge in [0.1, 0.15) is 0 Å². The van der Waals surface area contributed by atoms with E-state index in [2.05, 4.69) is 6.92 Å². The summed E-state index contributed by atoms with van der Waals surface area (Å²) in [4.78, 5) is 0. The van der Waals surface area contributed by atoms with E-state index in [0.717, 1.165) is 6.42 Å². The number of rotatable bonds is 2. The molecule has 0 rings (SSSR count). The summed E-state index contributed by atoms with van der Waals surface area (Å²) in [7, 11) is 0. The minimum atomic E-state index is -0.125. The van der Waals surface area contributed by atoms with Crippen molar-refractivity contribution < 1.29 is 10.2 Å². The number of hydrogen-bond acceptors (Lipinski definition) is 3. The van der Waals surface area contributed by atoms with Crippen LogP contribution in [0.5, 0.6) is 0 Å². The zero-order valence-electron chi connectivity index (χ0n) is 5.38. The predicted octanol–water partition coefficient (Wildman–Crippen LogP) is 0.0953. The summed E-state index contributed by atoms with van der Waals surface area (Å²) < 4.78 is 0. The predicted molar refractivity (Wildman–Crippen MR) is 34.4 cm³/mol. The molecule has 9 heavy (non-hydrogen) atoms. The molecule has 0 aliphatic carbocycles. The minimum Gasteiger partial charge on any atom is -0.394 e. The van der Waals surface area contributed by atoms with Crippen LogP contribution in [0.2, 0.25) is 0 Å². The van der Waals surface area contributed by atoms with Crippen molar-refractivity contribution in [2.24, 2.45) is 0 Å². The normalized spacial score (nSPS) is 6.89. The molecular weight excluding hydrogens is 118 g/mol. The van der Waals surface area contributed by atoms with Gasteiger partial charge in [-0.05, 0) is 6.42 Å². The van der Waals surface area contributed by atoms with E-state index in [-0.39, 0.29) is 13.2 Å². The zero-order chi connectivity index (χ0) is 7.54. The largest absolute Gasteiger partial charge is 0.394 e. The number of nitrogens with zero attached hydrogens (tertiary/aromatic N) is 1. The van der Waals surface area contributed by atoms with Gasteiger partial charge in [-0.1, -0.05) is 6.92 Å². The third-order valence-electron chi connectivity index (χ3n) is 0.389. The molecular formula is C6H12NO2. The Morgan fingerprint density at radius 1 is 1.33 bits per heavy atom. The van der Waals surface area contributed by atoms with E-state index in [4.69, 9.17) is 15.5 Å². The molecule has 3 nitrogen and oxygen atoms in total. The Morgan fingerprint density at radius 3 is 1.78 bits per heavy atom. The van der Waals surface area contributed by atoms with Crippen molar-refractivity contribution in [3.8, 4) is 6.07 Å². The van der Waals surface area contributed by atoms with Crippen LogP contribution in [-0.4, -0.2) is 23.4 Å². The summed E-state index contributed by atoms with van der Waals surface area (Å²) in [5.74, 6) is 0. The van der Waals surface area contributed by atoms with Gasteiger partial charge in [-0.25, -0.2) is 0 Å². The maximum absolute atomic E-state index is 7.78. The molecule has 0 bridgehead atoms. The van der Waals surface area contributed by atoms with Gasteiger partial charge in [0.05, 0.1) is 19.3 Å². The first-order valence-corrected chi connectivity index (χ1v) is 2.71. The van der Waals surface area contributed by atoms with Crippen LogP contribution in [0.1, 0.15) is 12.8 Å². The van der Waals surface area contributed by atoms with E-state index in [9.17, 15) is 0 Å². The zero-order valence-corrected chi connectivity index (χ0v) is 5.38. The highest BCUT2D eigenvalue weighted by molar-refractivity contribution is 4.67. The topological polar surface area (TPSA) is 64.2 Å². The fourth-order valence-electron chi connectivity index (χ4n) is 0.0791. The van der Waals surface area contributed by atoms with Crippen LogP contribution >= 0.6 is 0 Å². The van der Waals surface area contributed by atoms with E-state index in [1.54, 1.807) is 0 Å². The van der Waals surface area contributed by atoms with Crippen LogP contribution in [0.3, 0.4) is 0 Å². The Hall–Kier alpha value is -0.590. The van der Waals surface area contributed by atoms with Gasteiger partial charge >= 0.3 is 0 Å².